The van der Waals surface area contributed by atoms with E-state index in [9.17, 15) is 0 Å². The quantitative estimate of drug-likeness (QED) is 0.320. The SMILES string of the molecule is C[C-]1C([Si](C)(C)[N-]C(C)(C)C)CCC1[Si](C)(C)[N-]C(C)(C)C.[CH3-].[Zr+4]. The summed E-state index contributed by atoms with van der Waals surface area (Å²) in [6, 6.07) is 0. The summed E-state index contributed by atoms with van der Waals surface area (Å²) in [5, 5.41) is 0. The largest absolute Gasteiger partial charge is 4.00 e. The third-order valence-corrected chi connectivity index (χ3v) is 12.2. The average molecular weight is 446 g/mol. The predicted octanol–water partition coefficient (Wildman–Crippen LogP) is 7.32. The van der Waals surface area contributed by atoms with Gasteiger partial charge < -0.3 is 23.3 Å². The molecule has 0 radical (unpaired) electrons. The van der Waals surface area contributed by atoms with E-state index in [1.807, 2.05) is 0 Å². The van der Waals surface area contributed by atoms with Crippen molar-refractivity contribution in [2.75, 3.05) is 0 Å². The third-order valence-electron chi connectivity index (χ3n) is 4.80. The second-order valence-corrected chi connectivity index (χ2v) is 18.8. The molecule has 0 aromatic rings. The molecule has 0 N–H and O–H groups in total. The van der Waals surface area contributed by atoms with Gasteiger partial charge in [0.05, 0.1) is 0 Å². The molecule has 24 heavy (non-hydrogen) atoms. The Morgan fingerprint density at radius 3 is 1.21 bits per heavy atom. The second kappa shape index (κ2) is 8.95. The van der Waals surface area contributed by atoms with Crippen LogP contribution < -0.4 is 0 Å². The van der Waals surface area contributed by atoms with Crippen LogP contribution in [0.2, 0.25) is 37.3 Å². The van der Waals surface area contributed by atoms with Crippen LogP contribution in [-0.4, -0.2) is 27.5 Å². The van der Waals surface area contributed by atoms with Crippen LogP contribution in [-0.2, 0) is 26.2 Å². The van der Waals surface area contributed by atoms with Crippen LogP contribution in [0.15, 0.2) is 0 Å². The van der Waals surface area contributed by atoms with Crippen molar-refractivity contribution in [3.05, 3.63) is 23.3 Å². The molecule has 5 heteroatoms. The topological polar surface area (TPSA) is 28.2 Å². The maximum absolute atomic E-state index is 5.27. The predicted molar refractivity (Wildman–Crippen MR) is 113 cm³/mol. The third kappa shape index (κ3) is 7.86. The van der Waals surface area contributed by atoms with Crippen LogP contribution in [0, 0.1) is 13.3 Å². The zero-order valence-electron chi connectivity index (χ0n) is 18.5. The van der Waals surface area contributed by atoms with Crippen LogP contribution in [0.25, 0.3) is 9.96 Å². The van der Waals surface area contributed by atoms with Crippen molar-refractivity contribution in [1.29, 1.82) is 0 Å². The van der Waals surface area contributed by atoms with Crippen molar-refractivity contribution >= 4 is 16.5 Å². The van der Waals surface area contributed by atoms with E-state index in [1.54, 1.807) is 5.92 Å². The minimum Gasteiger partial charge on any atom is -0.661 e. The molecule has 1 aliphatic rings. The normalized spacial score (nSPS) is 23.6. The van der Waals surface area contributed by atoms with E-state index >= 15 is 0 Å². The molecule has 0 heterocycles. The van der Waals surface area contributed by atoms with Gasteiger partial charge in [-0.25, -0.2) is 0 Å². The number of nitrogens with zero attached hydrogens (tertiary/aromatic N) is 2. The standard InChI is InChI=1S/C18H39N2Si2.CH3.Zr/c1-14-15(21(8,9)19-17(2,3)4)12-13-16(14)22(10,11)20-18(5,6)7;;/h15-16H,12-13H2,1-11H3;1H3;/q-3;-1;+4. The molecule has 1 rings (SSSR count). The minimum absolute atomic E-state index is 0. The monoisotopic (exact) mass is 444 g/mol. The molecule has 0 aliphatic heterocycles. The Hall–Kier alpha value is 1.24. The molecule has 0 amide bonds. The summed E-state index contributed by atoms with van der Waals surface area (Å²) in [6.07, 6.45) is 2.68. The molecule has 0 aromatic carbocycles. The number of hydrogen-bond donors (Lipinski definition) is 0. The van der Waals surface area contributed by atoms with E-state index in [2.05, 4.69) is 74.7 Å². The first-order valence-corrected chi connectivity index (χ1v) is 14.9. The van der Waals surface area contributed by atoms with Gasteiger partial charge in [0.1, 0.15) is 0 Å². The number of rotatable bonds is 4. The average Bonchev–Trinajstić information content (AvgIpc) is 2.52. The Bertz CT molecular complexity index is 348. The molecular formula is C19H42N2Si2Zr. The fourth-order valence-corrected chi connectivity index (χ4v) is 13.1. The van der Waals surface area contributed by atoms with Crippen LogP contribution in [0.3, 0.4) is 0 Å². The first-order valence-electron chi connectivity index (χ1n) is 8.87. The summed E-state index contributed by atoms with van der Waals surface area (Å²) in [5.74, 6) is 1.73. The summed E-state index contributed by atoms with van der Waals surface area (Å²) in [4.78, 5) is 10.5. The van der Waals surface area contributed by atoms with Gasteiger partial charge in [-0.15, -0.1) is 11.1 Å². The van der Waals surface area contributed by atoms with Crippen molar-refractivity contribution in [1.82, 2.24) is 0 Å². The van der Waals surface area contributed by atoms with Gasteiger partial charge in [-0.2, -0.15) is 18.0 Å². The van der Waals surface area contributed by atoms with E-state index in [0.29, 0.717) is 0 Å². The van der Waals surface area contributed by atoms with Gasteiger partial charge in [0, 0.05) is 0 Å². The molecule has 1 aliphatic carbocycles. The van der Waals surface area contributed by atoms with Crippen molar-refractivity contribution in [2.24, 2.45) is 0 Å². The summed E-state index contributed by atoms with van der Waals surface area (Å²) < 4.78 is 0. The number of hydrogen-bond acceptors (Lipinski definition) is 0. The molecular weight excluding hydrogens is 404 g/mol. The Morgan fingerprint density at radius 1 is 0.750 bits per heavy atom. The fourth-order valence-electron chi connectivity index (χ4n) is 4.74. The van der Waals surface area contributed by atoms with Gasteiger partial charge in [0.2, 0.25) is 0 Å². The molecule has 0 spiro atoms. The van der Waals surface area contributed by atoms with E-state index in [4.69, 9.17) is 9.96 Å². The fraction of sp³-hybridized carbons (Fsp3) is 0.895. The molecule has 1 fully saturated rings. The zero-order valence-corrected chi connectivity index (χ0v) is 22.9. The first kappa shape index (κ1) is 27.5. The van der Waals surface area contributed by atoms with Crippen molar-refractivity contribution in [3.8, 4) is 0 Å². The molecule has 1 saturated carbocycles. The molecule has 0 bridgehead atoms. The molecule has 2 nitrogen and oxygen atoms in total. The van der Waals surface area contributed by atoms with Gasteiger partial charge in [0.25, 0.3) is 0 Å². The molecule has 2 atom stereocenters. The Morgan fingerprint density at radius 2 is 1.00 bits per heavy atom. The molecule has 140 valence electrons. The van der Waals surface area contributed by atoms with E-state index < -0.39 is 16.5 Å². The van der Waals surface area contributed by atoms with Crippen LogP contribution in [0.4, 0.5) is 0 Å². The van der Waals surface area contributed by atoms with Crippen LogP contribution >= 0.6 is 0 Å². The maximum atomic E-state index is 5.27. The molecule has 0 aromatic heterocycles. The summed E-state index contributed by atoms with van der Waals surface area (Å²) in [7, 11) is -3.16. The van der Waals surface area contributed by atoms with Crippen LogP contribution in [0.1, 0.15) is 61.3 Å². The summed E-state index contributed by atoms with van der Waals surface area (Å²) >= 11 is 0. The van der Waals surface area contributed by atoms with Gasteiger partial charge in [-0.05, 0) is 0 Å². The van der Waals surface area contributed by atoms with Gasteiger partial charge in [0.15, 0.2) is 0 Å². The Balaban J connectivity index is 0. The van der Waals surface area contributed by atoms with E-state index in [-0.39, 0.29) is 44.7 Å². The van der Waals surface area contributed by atoms with Crippen molar-refractivity contribution in [2.45, 2.75) is 110 Å². The maximum Gasteiger partial charge on any atom is 4.00 e. The van der Waals surface area contributed by atoms with E-state index in [0.717, 1.165) is 11.1 Å². The Kier molecular flexibility index (Phi) is 10.2. The van der Waals surface area contributed by atoms with Crippen LogP contribution in [0.5, 0.6) is 0 Å². The molecule has 0 saturated heterocycles. The van der Waals surface area contributed by atoms with Gasteiger partial charge in [-0.1, -0.05) is 97.0 Å². The Labute approximate surface area is 175 Å². The van der Waals surface area contributed by atoms with Gasteiger partial charge in [-0.3, -0.25) is 0 Å². The van der Waals surface area contributed by atoms with Gasteiger partial charge >= 0.3 is 26.2 Å². The zero-order chi connectivity index (χ0) is 17.6. The van der Waals surface area contributed by atoms with Crippen molar-refractivity contribution < 1.29 is 26.2 Å². The first-order chi connectivity index (χ1) is 9.55. The second-order valence-electron chi connectivity index (χ2n) is 10.3. The summed E-state index contributed by atoms with van der Waals surface area (Å²) in [5.41, 5.74) is 1.69. The smallest absolute Gasteiger partial charge is 0.661 e. The van der Waals surface area contributed by atoms with Crippen molar-refractivity contribution in [3.63, 3.8) is 0 Å². The molecule has 2 unspecified atom stereocenters. The van der Waals surface area contributed by atoms with E-state index in [1.165, 1.54) is 12.8 Å². The summed E-state index contributed by atoms with van der Waals surface area (Å²) in [6.45, 7) is 25.8. The minimum atomic E-state index is -1.58.